The smallest absolute Gasteiger partial charge is 0.340 e. The first kappa shape index (κ1) is 23.2. The zero-order chi connectivity index (χ0) is 24.3. The third-order valence-corrected chi connectivity index (χ3v) is 7.30. The SMILES string of the molecule is COC1=C(CCSc2c3ccccc3cc3ccccc23)C(=O)OC1(O)/C=C/Cc1ccccc1. The minimum absolute atomic E-state index is 0.162. The van der Waals surface area contributed by atoms with E-state index in [0.717, 1.165) is 5.56 Å². The van der Waals surface area contributed by atoms with Gasteiger partial charge in [0.1, 0.15) is 0 Å². The highest BCUT2D eigenvalue weighted by Crippen LogP contribution is 2.39. The molecule has 1 aliphatic rings. The molecule has 1 atom stereocenters. The summed E-state index contributed by atoms with van der Waals surface area (Å²) in [6.07, 6.45) is 4.31. The van der Waals surface area contributed by atoms with Crippen molar-refractivity contribution in [3.8, 4) is 0 Å². The summed E-state index contributed by atoms with van der Waals surface area (Å²) in [4.78, 5) is 13.9. The first-order valence-corrected chi connectivity index (χ1v) is 12.6. The molecule has 4 aromatic carbocycles. The van der Waals surface area contributed by atoms with E-state index in [0.29, 0.717) is 24.2 Å². The van der Waals surface area contributed by atoms with Crippen molar-refractivity contribution in [2.24, 2.45) is 0 Å². The van der Waals surface area contributed by atoms with Crippen LogP contribution in [0.5, 0.6) is 0 Å². The van der Waals surface area contributed by atoms with Crippen molar-refractivity contribution in [3.63, 3.8) is 0 Å². The molecule has 0 aliphatic carbocycles. The van der Waals surface area contributed by atoms with Crippen molar-refractivity contribution in [3.05, 3.63) is 114 Å². The Kier molecular flexibility index (Phi) is 6.62. The van der Waals surface area contributed by atoms with Crippen molar-refractivity contribution in [2.45, 2.75) is 23.5 Å². The number of methoxy groups -OCH3 is 1. The van der Waals surface area contributed by atoms with E-state index in [9.17, 15) is 9.90 Å². The quantitative estimate of drug-likeness (QED) is 0.136. The molecule has 176 valence electrons. The van der Waals surface area contributed by atoms with Gasteiger partial charge in [-0.05, 0) is 52.1 Å². The van der Waals surface area contributed by atoms with E-state index in [1.165, 1.54) is 39.6 Å². The van der Waals surface area contributed by atoms with E-state index >= 15 is 0 Å². The van der Waals surface area contributed by atoms with E-state index in [2.05, 4.69) is 30.3 Å². The standard InChI is InChI=1S/C30H26O4S/c1-33-28-26(29(31)34-30(28,32)18-9-12-21-10-3-2-4-11-21)17-19-35-27-24-15-7-5-13-22(24)20-23-14-6-8-16-25(23)27/h2-11,13-16,18,20,32H,12,17,19H2,1H3/b18-9+. The van der Waals surface area contributed by atoms with Crippen LogP contribution in [0.4, 0.5) is 0 Å². The topological polar surface area (TPSA) is 55.8 Å². The molecule has 4 aromatic rings. The molecule has 0 bridgehead atoms. The third kappa shape index (κ3) is 4.70. The Labute approximate surface area is 208 Å². The second-order valence-corrected chi connectivity index (χ2v) is 9.54. The number of cyclic esters (lactones) is 1. The maximum Gasteiger partial charge on any atom is 0.340 e. The van der Waals surface area contributed by atoms with Crippen LogP contribution in [0.25, 0.3) is 21.5 Å². The summed E-state index contributed by atoms with van der Waals surface area (Å²) in [5.74, 6) is -1.63. The first-order chi connectivity index (χ1) is 17.1. The van der Waals surface area contributed by atoms with Gasteiger partial charge in [-0.3, -0.25) is 0 Å². The molecule has 5 heteroatoms. The van der Waals surface area contributed by atoms with E-state index in [-0.39, 0.29) is 5.76 Å². The number of benzene rings is 4. The molecule has 35 heavy (non-hydrogen) atoms. The average molecular weight is 483 g/mol. The molecule has 0 saturated carbocycles. The molecule has 1 heterocycles. The fourth-order valence-corrected chi connectivity index (χ4v) is 5.70. The Bertz CT molecular complexity index is 1390. The number of fused-ring (bicyclic) bond motifs is 2. The van der Waals surface area contributed by atoms with Gasteiger partial charge in [0.2, 0.25) is 0 Å². The summed E-state index contributed by atoms with van der Waals surface area (Å²) in [5.41, 5.74) is 1.47. The fourth-order valence-electron chi connectivity index (χ4n) is 4.50. The molecule has 0 amide bonds. The van der Waals surface area contributed by atoms with Crippen LogP contribution in [0.15, 0.2) is 113 Å². The number of rotatable bonds is 8. The Hall–Kier alpha value is -3.54. The van der Waals surface area contributed by atoms with Gasteiger partial charge >= 0.3 is 5.97 Å². The predicted octanol–water partition coefficient (Wildman–Crippen LogP) is 6.42. The maximum atomic E-state index is 12.7. The number of carbonyl (C=O) groups excluding carboxylic acids is 1. The number of hydrogen-bond acceptors (Lipinski definition) is 5. The lowest BCUT2D eigenvalue weighted by molar-refractivity contribution is -0.173. The van der Waals surface area contributed by atoms with Gasteiger partial charge in [0.15, 0.2) is 5.76 Å². The van der Waals surface area contributed by atoms with Crippen LogP contribution in [0.2, 0.25) is 0 Å². The van der Waals surface area contributed by atoms with E-state index in [4.69, 9.17) is 9.47 Å². The third-order valence-electron chi connectivity index (χ3n) is 6.16. The highest BCUT2D eigenvalue weighted by molar-refractivity contribution is 7.99. The molecule has 0 fully saturated rings. The van der Waals surface area contributed by atoms with Crippen LogP contribution in [-0.2, 0) is 20.7 Å². The maximum absolute atomic E-state index is 12.7. The normalized spacial score (nSPS) is 18.1. The van der Waals surface area contributed by atoms with Gasteiger partial charge in [-0.25, -0.2) is 4.79 Å². The van der Waals surface area contributed by atoms with Gasteiger partial charge in [0.05, 0.1) is 12.7 Å². The van der Waals surface area contributed by atoms with E-state index in [1.54, 1.807) is 17.8 Å². The van der Waals surface area contributed by atoms with Gasteiger partial charge in [-0.1, -0.05) is 84.9 Å². The van der Waals surface area contributed by atoms with Gasteiger partial charge in [-0.2, -0.15) is 0 Å². The second-order valence-electron chi connectivity index (χ2n) is 8.44. The van der Waals surface area contributed by atoms with E-state index < -0.39 is 11.8 Å². The molecular weight excluding hydrogens is 456 g/mol. The van der Waals surface area contributed by atoms with Gasteiger partial charge in [-0.15, -0.1) is 11.8 Å². The molecule has 0 spiro atoms. The molecule has 4 nitrogen and oxygen atoms in total. The van der Waals surface area contributed by atoms with E-state index in [1.807, 2.05) is 54.6 Å². The molecular formula is C30H26O4S. The number of hydrogen-bond donors (Lipinski definition) is 1. The van der Waals surface area contributed by atoms with Crippen LogP contribution >= 0.6 is 11.8 Å². The fraction of sp³-hybridized carbons (Fsp3) is 0.167. The summed E-state index contributed by atoms with van der Waals surface area (Å²) in [5, 5.41) is 15.8. The summed E-state index contributed by atoms with van der Waals surface area (Å²) in [7, 11) is 1.46. The van der Waals surface area contributed by atoms with Gasteiger partial charge in [0.25, 0.3) is 5.79 Å². The van der Waals surface area contributed by atoms with Gasteiger partial charge < -0.3 is 14.6 Å². The zero-order valence-corrected chi connectivity index (χ0v) is 20.3. The molecule has 0 radical (unpaired) electrons. The summed E-state index contributed by atoms with van der Waals surface area (Å²) in [6, 6.07) is 28.8. The number of esters is 1. The monoisotopic (exact) mass is 482 g/mol. The lowest BCUT2D eigenvalue weighted by atomic mass is 10.0. The van der Waals surface area contributed by atoms with Crippen molar-refractivity contribution in [2.75, 3.05) is 12.9 Å². The molecule has 0 aromatic heterocycles. The van der Waals surface area contributed by atoms with Crippen molar-refractivity contribution < 1.29 is 19.4 Å². The molecule has 1 N–H and O–H groups in total. The van der Waals surface area contributed by atoms with Crippen LogP contribution in [0, 0.1) is 0 Å². The Balaban J connectivity index is 1.37. The average Bonchev–Trinajstić information content (AvgIpc) is 3.12. The summed E-state index contributed by atoms with van der Waals surface area (Å²) < 4.78 is 10.8. The van der Waals surface area contributed by atoms with Crippen molar-refractivity contribution >= 4 is 39.3 Å². The predicted molar refractivity (Wildman–Crippen MR) is 141 cm³/mol. The number of carbonyl (C=O) groups is 1. The number of aliphatic hydroxyl groups is 1. The lowest BCUT2D eigenvalue weighted by Crippen LogP contribution is -2.29. The highest BCUT2D eigenvalue weighted by Gasteiger charge is 2.45. The Morgan fingerprint density at radius 1 is 0.943 bits per heavy atom. The van der Waals surface area contributed by atoms with Crippen molar-refractivity contribution in [1.29, 1.82) is 0 Å². The van der Waals surface area contributed by atoms with Crippen LogP contribution in [0.1, 0.15) is 12.0 Å². The Morgan fingerprint density at radius 2 is 1.57 bits per heavy atom. The Morgan fingerprint density at radius 3 is 2.23 bits per heavy atom. The second kappa shape index (κ2) is 9.98. The minimum atomic E-state index is -1.88. The number of ether oxygens (including phenoxy) is 2. The molecule has 0 saturated heterocycles. The largest absolute Gasteiger partial charge is 0.493 e. The lowest BCUT2D eigenvalue weighted by Gasteiger charge is -2.19. The van der Waals surface area contributed by atoms with Crippen LogP contribution < -0.4 is 0 Å². The molecule has 1 aliphatic heterocycles. The summed E-state index contributed by atoms with van der Waals surface area (Å²) in [6.45, 7) is 0. The van der Waals surface area contributed by atoms with Gasteiger partial charge in [0, 0.05) is 10.6 Å². The first-order valence-electron chi connectivity index (χ1n) is 11.6. The minimum Gasteiger partial charge on any atom is -0.493 e. The zero-order valence-electron chi connectivity index (χ0n) is 19.4. The number of thioether (sulfide) groups is 1. The summed E-state index contributed by atoms with van der Waals surface area (Å²) >= 11 is 1.70. The highest BCUT2D eigenvalue weighted by atomic mass is 32.2. The number of allylic oxidation sites excluding steroid dienone is 1. The molecule has 5 rings (SSSR count). The van der Waals surface area contributed by atoms with Crippen LogP contribution in [-0.4, -0.2) is 29.7 Å². The van der Waals surface area contributed by atoms with Crippen molar-refractivity contribution in [1.82, 2.24) is 0 Å². The van der Waals surface area contributed by atoms with Crippen LogP contribution in [0.3, 0.4) is 0 Å². The molecule has 1 unspecified atom stereocenters.